The average molecular weight is 430 g/mol. The lowest BCUT2D eigenvalue weighted by atomic mass is 10.0. The Morgan fingerprint density at radius 1 is 1.10 bits per heavy atom. The van der Waals surface area contributed by atoms with E-state index in [0.717, 1.165) is 23.3 Å². The third-order valence-electron chi connectivity index (χ3n) is 4.09. The minimum atomic E-state index is -4.55. The number of hydrogen-bond donors (Lipinski definition) is 3. The second kappa shape index (κ2) is 10.3. The molecule has 9 heteroatoms. The molecule has 0 saturated carbocycles. The molecule has 0 heterocycles. The van der Waals surface area contributed by atoms with Crippen molar-refractivity contribution in [1.82, 2.24) is 5.32 Å². The lowest BCUT2D eigenvalue weighted by Crippen LogP contribution is -2.29. The van der Waals surface area contributed by atoms with Crippen molar-refractivity contribution in [2.45, 2.75) is 39.0 Å². The molecule has 5 nitrogen and oxygen atoms in total. The number of carbonyl (C=O) groups is 2. The van der Waals surface area contributed by atoms with Gasteiger partial charge in [0.15, 0.2) is 0 Å². The van der Waals surface area contributed by atoms with E-state index in [9.17, 15) is 22.8 Å². The fraction of sp³-hybridized carbons (Fsp3) is 0.300. The van der Waals surface area contributed by atoms with Crippen molar-refractivity contribution in [3.05, 3.63) is 64.7 Å². The smallest absolute Gasteiger partial charge is 0.349 e. The SMILES string of the molecule is CC(=O)NC(CC(=O)Nc1cc(CN)cc(C(F)(F)F)c1)c1ccc(C)cc1.Cl. The molecule has 158 valence electrons. The van der Waals surface area contributed by atoms with E-state index < -0.39 is 23.7 Å². The van der Waals surface area contributed by atoms with Gasteiger partial charge >= 0.3 is 6.18 Å². The summed E-state index contributed by atoms with van der Waals surface area (Å²) in [6.07, 6.45) is -4.68. The van der Waals surface area contributed by atoms with E-state index in [1.54, 1.807) is 12.1 Å². The van der Waals surface area contributed by atoms with Crippen LogP contribution in [0.1, 0.15) is 41.6 Å². The number of nitrogens with one attached hydrogen (secondary N) is 2. The molecule has 29 heavy (non-hydrogen) atoms. The Morgan fingerprint density at radius 3 is 2.24 bits per heavy atom. The Kier molecular flexibility index (Phi) is 8.66. The second-order valence-corrected chi connectivity index (χ2v) is 6.54. The lowest BCUT2D eigenvalue weighted by molar-refractivity contribution is -0.137. The number of aryl methyl sites for hydroxylation is 1. The highest BCUT2D eigenvalue weighted by Gasteiger charge is 2.31. The number of amides is 2. The number of carbonyl (C=O) groups excluding carboxylic acids is 2. The maximum atomic E-state index is 13.0. The molecule has 0 saturated heterocycles. The van der Waals surface area contributed by atoms with Crippen molar-refractivity contribution in [3.8, 4) is 0 Å². The molecule has 0 aliphatic heterocycles. The van der Waals surface area contributed by atoms with E-state index in [1.807, 2.05) is 19.1 Å². The van der Waals surface area contributed by atoms with Crippen molar-refractivity contribution in [2.24, 2.45) is 5.73 Å². The summed E-state index contributed by atoms with van der Waals surface area (Å²) in [5.41, 5.74) is 6.57. The maximum absolute atomic E-state index is 13.0. The Balaban J connectivity index is 0.00000420. The molecule has 0 aliphatic rings. The lowest BCUT2D eigenvalue weighted by Gasteiger charge is -2.19. The second-order valence-electron chi connectivity index (χ2n) is 6.54. The number of anilines is 1. The Hall–Kier alpha value is -2.58. The number of benzene rings is 2. The predicted octanol–water partition coefficient (Wildman–Crippen LogP) is 4.10. The largest absolute Gasteiger partial charge is 0.416 e. The molecule has 1 atom stereocenters. The molecule has 2 amide bonds. The third-order valence-corrected chi connectivity index (χ3v) is 4.09. The molecule has 0 spiro atoms. The quantitative estimate of drug-likeness (QED) is 0.646. The maximum Gasteiger partial charge on any atom is 0.416 e. The van der Waals surface area contributed by atoms with Crippen molar-refractivity contribution < 1.29 is 22.8 Å². The van der Waals surface area contributed by atoms with Crippen molar-refractivity contribution in [2.75, 3.05) is 5.32 Å². The molecule has 2 aromatic carbocycles. The van der Waals surface area contributed by atoms with Crippen LogP contribution in [0.15, 0.2) is 42.5 Å². The van der Waals surface area contributed by atoms with Gasteiger partial charge in [-0.3, -0.25) is 9.59 Å². The van der Waals surface area contributed by atoms with Crippen LogP contribution >= 0.6 is 12.4 Å². The average Bonchev–Trinajstić information content (AvgIpc) is 2.60. The zero-order chi connectivity index (χ0) is 20.9. The minimum absolute atomic E-state index is 0. The first-order valence-electron chi connectivity index (χ1n) is 8.63. The summed E-state index contributed by atoms with van der Waals surface area (Å²) in [6.45, 7) is 3.15. The van der Waals surface area contributed by atoms with E-state index in [0.29, 0.717) is 0 Å². The van der Waals surface area contributed by atoms with Crippen LogP contribution in [0, 0.1) is 6.92 Å². The topological polar surface area (TPSA) is 84.2 Å². The standard InChI is InChI=1S/C20H22F3N3O2.ClH/c1-12-3-5-15(6-4-12)18(25-13(2)27)10-19(28)26-17-8-14(11-24)7-16(9-17)20(21,22)23;/h3-9,18H,10-11,24H2,1-2H3,(H,25,27)(H,26,28);1H. The van der Waals surface area contributed by atoms with E-state index in [2.05, 4.69) is 10.6 Å². The van der Waals surface area contributed by atoms with Crippen molar-refractivity contribution >= 4 is 29.9 Å². The van der Waals surface area contributed by atoms with Crippen LogP contribution in [0.3, 0.4) is 0 Å². The van der Waals surface area contributed by atoms with Gasteiger partial charge in [-0.1, -0.05) is 29.8 Å². The molecule has 0 aromatic heterocycles. The summed E-state index contributed by atoms with van der Waals surface area (Å²) in [4.78, 5) is 23.9. The van der Waals surface area contributed by atoms with Gasteiger partial charge in [-0.25, -0.2) is 0 Å². The molecule has 1 unspecified atom stereocenters. The molecule has 2 rings (SSSR count). The highest BCUT2D eigenvalue weighted by molar-refractivity contribution is 5.91. The first-order valence-corrected chi connectivity index (χ1v) is 8.63. The van der Waals surface area contributed by atoms with Gasteiger partial charge in [-0.2, -0.15) is 13.2 Å². The molecule has 0 aliphatic carbocycles. The minimum Gasteiger partial charge on any atom is -0.349 e. The zero-order valence-corrected chi connectivity index (χ0v) is 16.8. The van der Waals surface area contributed by atoms with Crippen molar-refractivity contribution in [1.29, 1.82) is 0 Å². The molecular weight excluding hydrogens is 407 g/mol. The van der Waals surface area contributed by atoms with Gasteiger partial charge in [0, 0.05) is 19.2 Å². The molecule has 4 N–H and O–H groups in total. The van der Waals surface area contributed by atoms with Crippen LogP contribution in [0.25, 0.3) is 0 Å². The first-order chi connectivity index (χ1) is 13.1. The summed E-state index contributed by atoms with van der Waals surface area (Å²) in [6, 6.07) is 9.88. The summed E-state index contributed by atoms with van der Waals surface area (Å²) >= 11 is 0. The fourth-order valence-electron chi connectivity index (χ4n) is 2.74. The number of nitrogens with two attached hydrogens (primary N) is 1. The van der Waals surface area contributed by atoms with Gasteiger partial charge < -0.3 is 16.4 Å². The van der Waals surface area contributed by atoms with Gasteiger partial charge in [0.2, 0.25) is 11.8 Å². The van der Waals surface area contributed by atoms with Gasteiger partial charge in [0.25, 0.3) is 0 Å². The van der Waals surface area contributed by atoms with Crippen LogP contribution in [-0.4, -0.2) is 11.8 Å². The highest BCUT2D eigenvalue weighted by Crippen LogP contribution is 2.32. The summed E-state index contributed by atoms with van der Waals surface area (Å²) in [5, 5.41) is 5.16. The van der Waals surface area contributed by atoms with Crippen LogP contribution in [-0.2, 0) is 22.3 Å². The van der Waals surface area contributed by atoms with Gasteiger partial charge in [-0.15, -0.1) is 12.4 Å². The van der Waals surface area contributed by atoms with Crippen LogP contribution < -0.4 is 16.4 Å². The Labute approximate surface area is 173 Å². The molecule has 0 fully saturated rings. The normalized spacial score (nSPS) is 11.9. The number of rotatable bonds is 6. The fourth-order valence-corrected chi connectivity index (χ4v) is 2.74. The number of halogens is 4. The zero-order valence-electron chi connectivity index (χ0n) is 16.0. The Bertz CT molecular complexity index is 855. The van der Waals surface area contributed by atoms with Crippen LogP contribution in [0.2, 0.25) is 0 Å². The van der Waals surface area contributed by atoms with Crippen molar-refractivity contribution in [3.63, 3.8) is 0 Å². The van der Waals surface area contributed by atoms with Crippen LogP contribution in [0.5, 0.6) is 0 Å². The predicted molar refractivity (Wildman–Crippen MR) is 108 cm³/mol. The van der Waals surface area contributed by atoms with Gasteiger partial charge in [0.05, 0.1) is 18.0 Å². The number of alkyl halides is 3. The highest BCUT2D eigenvalue weighted by atomic mass is 35.5. The van der Waals surface area contributed by atoms with E-state index in [1.165, 1.54) is 13.0 Å². The summed E-state index contributed by atoms with van der Waals surface area (Å²) in [7, 11) is 0. The number of hydrogen-bond acceptors (Lipinski definition) is 3. The third kappa shape index (κ3) is 7.40. The molecular formula is C20H23ClF3N3O2. The van der Waals surface area contributed by atoms with Crippen LogP contribution in [0.4, 0.5) is 18.9 Å². The Morgan fingerprint density at radius 2 is 1.72 bits per heavy atom. The van der Waals surface area contributed by atoms with E-state index in [4.69, 9.17) is 5.73 Å². The monoisotopic (exact) mass is 429 g/mol. The first kappa shape index (κ1) is 24.5. The summed E-state index contributed by atoms with van der Waals surface area (Å²) < 4.78 is 39.1. The molecule has 2 aromatic rings. The molecule has 0 radical (unpaired) electrons. The van der Waals surface area contributed by atoms with E-state index in [-0.39, 0.29) is 42.5 Å². The summed E-state index contributed by atoms with van der Waals surface area (Å²) in [5.74, 6) is -0.843. The van der Waals surface area contributed by atoms with Gasteiger partial charge in [0.1, 0.15) is 0 Å². The van der Waals surface area contributed by atoms with Gasteiger partial charge in [-0.05, 0) is 36.2 Å². The molecule has 0 bridgehead atoms. The van der Waals surface area contributed by atoms with E-state index >= 15 is 0 Å².